The van der Waals surface area contributed by atoms with Gasteiger partial charge < -0.3 is 10.1 Å². The fourth-order valence-corrected chi connectivity index (χ4v) is 2.94. The Bertz CT molecular complexity index is 516. The number of nitrogens with one attached hydrogen (secondary N) is 1. The van der Waals surface area contributed by atoms with Gasteiger partial charge in [-0.3, -0.25) is 9.29 Å². The van der Waals surface area contributed by atoms with Crippen LogP contribution in [0.3, 0.4) is 0 Å². The van der Waals surface area contributed by atoms with E-state index < -0.39 is 18.4 Å². The maximum absolute atomic E-state index is 13.4. The van der Waals surface area contributed by atoms with Crippen LogP contribution in [0.4, 0.5) is 9.18 Å². The van der Waals surface area contributed by atoms with Gasteiger partial charge in [0.25, 0.3) is 0 Å². The first kappa shape index (κ1) is 17.7. The standard InChI is InChI=1S/C18H27FN2O2/c1-13(14-8-6-5-7-9-14)21-11-15(10-19)16(12-21)20-17(22)23-18(2,3)4/h5-9,13,15-16H,10-12H2,1-4H3,(H,20,22). The fraction of sp³-hybridized carbons (Fsp3) is 0.611. The molecule has 4 nitrogen and oxygen atoms in total. The van der Waals surface area contributed by atoms with Crippen molar-refractivity contribution in [3.05, 3.63) is 35.9 Å². The first-order valence-corrected chi connectivity index (χ1v) is 8.14. The molecule has 0 bridgehead atoms. The van der Waals surface area contributed by atoms with Crippen LogP contribution in [0, 0.1) is 5.92 Å². The van der Waals surface area contributed by atoms with Gasteiger partial charge in [-0.1, -0.05) is 30.3 Å². The molecule has 1 N–H and O–H groups in total. The smallest absolute Gasteiger partial charge is 0.407 e. The van der Waals surface area contributed by atoms with Crippen LogP contribution in [0.1, 0.15) is 39.3 Å². The SMILES string of the molecule is CC(c1ccccc1)N1CC(CF)C(NC(=O)OC(C)(C)C)C1. The second-order valence-electron chi connectivity index (χ2n) is 7.21. The van der Waals surface area contributed by atoms with Gasteiger partial charge >= 0.3 is 6.09 Å². The van der Waals surface area contributed by atoms with Crippen molar-refractivity contribution in [2.45, 2.75) is 45.4 Å². The monoisotopic (exact) mass is 322 g/mol. The van der Waals surface area contributed by atoms with E-state index >= 15 is 0 Å². The number of carbonyl (C=O) groups excluding carboxylic acids is 1. The van der Waals surface area contributed by atoms with E-state index in [-0.39, 0.29) is 18.0 Å². The summed E-state index contributed by atoms with van der Waals surface area (Å²) in [7, 11) is 0. The molecule has 1 aliphatic heterocycles. The van der Waals surface area contributed by atoms with Gasteiger partial charge in [-0.2, -0.15) is 0 Å². The minimum absolute atomic E-state index is 0.190. The van der Waals surface area contributed by atoms with Crippen molar-refractivity contribution < 1.29 is 13.9 Å². The molecule has 128 valence electrons. The molecule has 0 aliphatic carbocycles. The number of carbonyl (C=O) groups is 1. The average Bonchev–Trinajstić information content (AvgIpc) is 2.88. The molecular formula is C18H27FN2O2. The van der Waals surface area contributed by atoms with Gasteiger partial charge in [0.15, 0.2) is 0 Å². The van der Waals surface area contributed by atoms with Gasteiger partial charge in [0.1, 0.15) is 5.60 Å². The molecule has 5 heteroatoms. The first-order valence-electron chi connectivity index (χ1n) is 8.14. The zero-order chi connectivity index (χ0) is 17.0. The number of benzene rings is 1. The second-order valence-corrected chi connectivity index (χ2v) is 7.21. The predicted molar refractivity (Wildman–Crippen MR) is 89.1 cm³/mol. The molecule has 1 aliphatic rings. The highest BCUT2D eigenvalue weighted by Gasteiger charge is 2.36. The fourth-order valence-electron chi connectivity index (χ4n) is 2.94. The van der Waals surface area contributed by atoms with E-state index in [1.54, 1.807) is 0 Å². The summed E-state index contributed by atoms with van der Waals surface area (Å²) in [6.45, 7) is 8.38. The number of amides is 1. The maximum atomic E-state index is 13.4. The summed E-state index contributed by atoms with van der Waals surface area (Å²) in [5, 5.41) is 2.83. The number of hydrogen-bond donors (Lipinski definition) is 1. The molecule has 23 heavy (non-hydrogen) atoms. The Balaban J connectivity index is 1.98. The molecule has 3 atom stereocenters. The van der Waals surface area contributed by atoms with E-state index in [0.29, 0.717) is 13.1 Å². The average molecular weight is 322 g/mol. The molecule has 2 rings (SSSR count). The topological polar surface area (TPSA) is 41.6 Å². The number of rotatable bonds is 4. The summed E-state index contributed by atoms with van der Waals surface area (Å²) in [6.07, 6.45) is -0.477. The van der Waals surface area contributed by atoms with Crippen molar-refractivity contribution in [1.29, 1.82) is 0 Å². The Morgan fingerprint density at radius 3 is 2.57 bits per heavy atom. The van der Waals surface area contributed by atoms with Crippen LogP contribution in [-0.4, -0.2) is 42.4 Å². The Morgan fingerprint density at radius 2 is 2.00 bits per heavy atom. The number of hydrogen-bond acceptors (Lipinski definition) is 3. The van der Waals surface area contributed by atoms with Crippen molar-refractivity contribution in [3.8, 4) is 0 Å². The summed E-state index contributed by atoms with van der Waals surface area (Å²) in [5.74, 6) is -0.200. The lowest BCUT2D eigenvalue weighted by Gasteiger charge is -2.25. The number of ether oxygens (including phenoxy) is 1. The third-order valence-corrected chi connectivity index (χ3v) is 4.20. The first-order chi connectivity index (χ1) is 10.8. The molecule has 1 saturated heterocycles. The number of alkyl carbamates (subject to hydrolysis) is 1. The van der Waals surface area contributed by atoms with Crippen molar-refractivity contribution in [3.63, 3.8) is 0 Å². The third kappa shape index (κ3) is 4.93. The van der Waals surface area contributed by atoms with Gasteiger partial charge in [0, 0.05) is 25.0 Å². The molecule has 1 aromatic carbocycles. The molecule has 1 fully saturated rings. The number of halogens is 1. The Kier molecular flexibility index (Phi) is 5.63. The Labute approximate surface area is 138 Å². The zero-order valence-corrected chi connectivity index (χ0v) is 14.4. The summed E-state index contributed by atoms with van der Waals surface area (Å²) < 4.78 is 18.6. The molecule has 0 radical (unpaired) electrons. The lowest BCUT2D eigenvalue weighted by molar-refractivity contribution is 0.0492. The van der Waals surface area contributed by atoms with Crippen LogP contribution in [0.25, 0.3) is 0 Å². The second kappa shape index (κ2) is 7.30. The minimum Gasteiger partial charge on any atom is -0.444 e. The molecule has 0 saturated carbocycles. The van der Waals surface area contributed by atoms with Gasteiger partial charge in [0.05, 0.1) is 12.7 Å². The minimum atomic E-state index is -0.551. The van der Waals surface area contributed by atoms with Gasteiger partial charge in [0.2, 0.25) is 0 Å². The number of likely N-dealkylation sites (tertiary alicyclic amines) is 1. The van der Waals surface area contributed by atoms with Gasteiger partial charge in [-0.25, -0.2) is 4.79 Å². The van der Waals surface area contributed by atoms with E-state index in [1.807, 2.05) is 39.0 Å². The van der Waals surface area contributed by atoms with Gasteiger partial charge in [-0.15, -0.1) is 0 Å². The summed E-state index contributed by atoms with van der Waals surface area (Å²) in [5.41, 5.74) is 0.647. The van der Waals surface area contributed by atoms with Crippen molar-refractivity contribution in [1.82, 2.24) is 10.2 Å². The van der Waals surface area contributed by atoms with E-state index in [0.717, 1.165) is 0 Å². The van der Waals surface area contributed by atoms with Crippen molar-refractivity contribution in [2.75, 3.05) is 19.8 Å². The molecule has 1 amide bonds. The highest BCUT2D eigenvalue weighted by Crippen LogP contribution is 2.28. The quantitative estimate of drug-likeness (QED) is 0.922. The van der Waals surface area contributed by atoms with Gasteiger partial charge in [-0.05, 0) is 33.3 Å². The van der Waals surface area contributed by atoms with Crippen molar-refractivity contribution in [2.24, 2.45) is 5.92 Å². The normalized spacial score (nSPS) is 23.5. The van der Waals surface area contributed by atoms with Crippen LogP contribution >= 0.6 is 0 Å². The largest absolute Gasteiger partial charge is 0.444 e. The van der Waals surface area contributed by atoms with Crippen LogP contribution in [0.15, 0.2) is 30.3 Å². The lowest BCUT2D eigenvalue weighted by Crippen LogP contribution is -2.43. The maximum Gasteiger partial charge on any atom is 0.407 e. The highest BCUT2D eigenvalue weighted by atomic mass is 19.1. The summed E-state index contributed by atoms with van der Waals surface area (Å²) >= 11 is 0. The zero-order valence-electron chi connectivity index (χ0n) is 14.4. The third-order valence-electron chi connectivity index (χ3n) is 4.20. The Hall–Kier alpha value is -1.62. The lowest BCUT2D eigenvalue weighted by atomic mass is 10.1. The molecule has 1 heterocycles. The van der Waals surface area contributed by atoms with E-state index in [1.165, 1.54) is 5.56 Å². The van der Waals surface area contributed by atoms with Crippen LogP contribution in [-0.2, 0) is 4.74 Å². The van der Waals surface area contributed by atoms with E-state index in [4.69, 9.17) is 4.74 Å². The predicted octanol–water partition coefficient (Wildman–Crippen LogP) is 3.54. The van der Waals surface area contributed by atoms with Crippen LogP contribution in [0.5, 0.6) is 0 Å². The molecule has 0 aromatic heterocycles. The van der Waals surface area contributed by atoms with Crippen LogP contribution in [0.2, 0.25) is 0 Å². The van der Waals surface area contributed by atoms with E-state index in [2.05, 4.69) is 29.3 Å². The molecule has 3 unspecified atom stereocenters. The van der Waals surface area contributed by atoms with E-state index in [9.17, 15) is 9.18 Å². The molecule has 1 aromatic rings. The molecular weight excluding hydrogens is 295 g/mol. The Morgan fingerprint density at radius 1 is 1.35 bits per heavy atom. The molecule has 0 spiro atoms. The van der Waals surface area contributed by atoms with Crippen LogP contribution < -0.4 is 5.32 Å². The summed E-state index contributed by atoms with van der Waals surface area (Å²) in [4.78, 5) is 14.2. The van der Waals surface area contributed by atoms with Crippen molar-refractivity contribution >= 4 is 6.09 Å². The summed E-state index contributed by atoms with van der Waals surface area (Å²) in [6, 6.07) is 10.1. The number of alkyl halides is 1. The highest BCUT2D eigenvalue weighted by molar-refractivity contribution is 5.68. The number of nitrogens with zero attached hydrogens (tertiary/aromatic N) is 1.